The van der Waals surface area contributed by atoms with E-state index in [1.807, 2.05) is 12.1 Å². The van der Waals surface area contributed by atoms with Crippen molar-refractivity contribution < 1.29 is 13.9 Å². The number of terminal acetylenes is 1. The first-order valence-corrected chi connectivity index (χ1v) is 7.10. The largest absolute Gasteiger partial charge is 0.497 e. The Kier molecular flexibility index (Phi) is 2.88. The number of benzene rings is 2. The maximum absolute atomic E-state index is 12.7. The third-order valence-corrected chi connectivity index (χ3v) is 3.93. The minimum absolute atomic E-state index is 0.146. The second kappa shape index (κ2) is 4.92. The summed E-state index contributed by atoms with van der Waals surface area (Å²) >= 11 is 0. The van der Waals surface area contributed by atoms with Gasteiger partial charge in [0, 0.05) is 11.1 Å². The lowest BCUT2D eigenvalue weighted by Crippen LogP contribution is -2.18. The van der Waals surface area contributed by atoms with E-state index in [0.29, 0.717) is 22.5 Å². The van der Waals surface area contributed by atoms with Gasteiger partial charge in [0.05, 0.1) is 12.5 Å². The van der Waals surface area contributed by atoms with Crippen molar-refractivity contribution in [2.45, 2.75) is 6.10 Å². The van der Waals surface area contributed by atoms with E-state index in [0.717, 1.165) is 11.1 Å². The van der Waals surface area contributed by atoms with E-state index in [4.69, 9.17) is 20.3 Å². The molecule has 23 heavy (non-hydrogen) atoms. The van der Waals surface area contributed by atoms with Gasteiger partial charge in [0.25, 0.3) is 0 Å². The van der Waals surface area contributed by atoms with Gasteiger partial charge in [-0.2, -0.15) is 0 Å². The number of hydrogen-bond acceptors (Lipinski definition) is 4. The average Bonchev–Trinajstić information content (AvgIpc) is 2.61. The molecule has 1 aliphatic heterocycles. The zero-order valence-corrected chi connectivity index (χ0v) is 12.3. The fraction of sp³-hybridized carbons (Fsp3) is 0.105. The summed E-state index contributed by atoms with van der Waals surface area (Å²) in [4.78, 5) is 12.7. The van der Waals surface area contributed by atoms with E-state index in [-0.39, 0.29) is 11.2 Å². The van der Waals surface area contributed by atoms with Crippen LogP contribution >= 0.6 is 0 Å². The predicted molar refractivity (Wildman–Crippen MR) is 86.7 cm³/mol. The van der Waals surface area contributed by atoms with E-state index >= 15 is 0 Å². The zero-order valence-electron chi connectivity index (χ0n) is 12.3. The average molecular weight is 304 g/mol. The molecule has 0 fully saturated rings. The molecule has 0 amide bonds. The van der Waals surface area contributed by atoms with Crippen LogP contribution in [0.25, 0.3) is 22.3 Å². The highest BCUT2D eigenvalue weighted by Gasteiger charge is 2.30. The molecule has 3 aromatic rings. The minimum Gasteiger partial charge on any atom is -0.497 e. The van der Waals surface area contributed by atoms with Crippen LogP contribution in [0.2, 0.25) is 0 Å². The van der Waals surface area contributed by atoms with Crippen molar-refractivity contribution >= 4 is 11.0 Å². The van der Waals surface area contributed by atoms with Crippen LogP contribution in [0.4, 0.5) is 0 Å². The molecule has 1 atom stereocenters. The van der Waals surface area contributed by atoms with Crippen molar-refractivity contribution in [2.24, 2.45) is 0 Å². The van der Waals surface area contributed by atoms with Crippen LogP contribution in [0.1, 0.15) is 11.7 Å². The Morgan fingerprint density at radius 1 is 1.22 bits per heavy atom. The molecule has 0 saturated carbocycles. The molecule has 0 N–H and O–H groups in total. The lowest BCUT2D eigenvalue weighted by Gasteiger charge is -2.24. The molecule has 2 aromatic carbocycles. The smallest absolute Gasteiger partial charge is 0.235 e. The molecule has 0 saturated heterocycles. The molecule has 0 radical (unpaired) electrons. The summed E-state index contributed by atoms with van der Waals surface area (Å²) in [6.07, 6.45) is 4.94. The van der Waals surface area contributed by atoms with Crippen molar-refractivity contribution in [3.8, 4) is 35.2 Å². The van der Waals surface area contributed by atoms with Gasteiger partial charge in [-0.25, -0.2) is 0 Å². The Hall–Kier alpha value is -3.19. The van der Waals surface area contributed by atoms with Gasteiger partial charge in [-0.3, -0.25) is 4.79 Å². The lowest BCUT2D eigenvalue weighted by atomic mass is 9.96. The van der Waals surface area contributed by atoms with Crippen LogP contribution in [-0.4, -0.2) is 7.11 Å². The first-order chi connectivity index (χ1) is 11.2. The number of hydrogen-bond donors (Lipinski definition) is 0. The number of ether oxygens (including phenoxy) is 2. The number of methoxy groups -OCH3 is 1. The Morgan fingerprint density at radius 2 is 2.04 bits per heavy atom. The summed E-state index contributed by atoms with van der Waals surface area (Å²) in [6.45, 7) is 0. The molecule has 0 aliphatic carbocycles. The summed E-state index contributed by atoms with van der Waals surface area (Å²) in [6, 6.07) is 12.5. The predicted octanol–water partition coefficient (Wildman–Crippen LogP) is 3.54. The lowest BCUT2D eigenvalue weighted by molar-refractivity contribution is 0.251. The van der Waals surface area contributed by atoms with Gasteiger partial charge >= 0.3 is 0 Å². The first kappa shape index (κ1) is 13.5. The topological polar surface area (TPSA) is 48.7 Å². The molecule has 112 valence electrons. The van der Waals surface area contributed by atoms with E-state index in [1.54, 1.807) is 37.4 Å². The van der Waals surface area contributed by atoms with Gasteiger partial charge in [0.15, 0.2) is 11.9 Å². The molecule has 4 nitrogen and oxygen atoms in total. The molecule has 4 rings (SSSR count). The van der Waals surface area contributed by atoms with E-state index in [1.165, 1.54) is 0 Å². The molecular formula is C19H12O4. The summed E-state index contributed by atoms with van der Waals surface area (Å²) in [5.41, 5.74) is 1.78. The van der Waals surface area contributed by atoms with Gasteiger partial charge in [-0.1, -0.05) is 18.1 Å². The van der Waals surface area contributed by atoms with Crippen LogP contribution in [-0.2, 0) is 0 Å². The number of fused-ring (bicyclic) bond motifs is 4. The van der Waals surface area contributed by atoms with Gasteiger partial charge in [0.1, 0.15) is 11.3 Å². The van der Waals surface area contributed by atoms with Gasteiger partial charge in [-0.15, -0.1) is 6.42 Å². The van der Waals surface area contributed by atoms with Crippen molar-refractivity contribution in [1.29, 1.82) is 0 Å². The van der Waals surface area contributed by atoms with Crippen molar-refractivity contribution in [3.63, 3.8) is 0 Å². The maximum atomic E-state index is 12.7. The molecule has 0 spiro atoms. The Balaban J connectivity index is 2.10. The summed E-state index contributed by atoms with van der Waals surface area (Å²) in [5, 5.41) is 0.466. The second-order valence-corrected chi connectivity index (χ2v) is 5.20. The Bertz CT molecular complexity index is 1020. The number of rotatable bonds is 1. The Morgan fingerprint density at radius 3 is 2.83 bits per heavy atom. The van der Waals surface area contributed by atoms with Gasteiger partial charge in [0.2, 0.25) is 11.2 Å². The van der Waals surface area contributed by atoms with Crippen LogP contribution in [0.3, 0.4) is 0 Å². The first-order valence-electron chi connectivity index (χ1n) is 7.10. The summed E-state index contributed by atoms with van der Waals surface area (Å²) < 4.78 is 16.9. The molecule has 1 aliphatic rings. The normalized spacial score (nSPS) is 15.2. The summed E-state index contributed by atoms with van der Waals surface area (Å²) in [5.74, 6) is 3.76. The fourth-order valence-corrected chi connectivity index (χ4v) is 2.80. The van der Waals surface area contributed by atoms with Crippen molar-refractivity contribution in [1.82, 2.24) is 0 Å². The third kappa shape index (κ3) is 1.91. The van der Waals surface area contributed by atoms with E-state index in [2.05, 4.69) is 5.92 Å². The van der Waals surface area contributed by atoms with E-state index < -0.39 is 6.10 Å². The van der Waals surface area contributed by atoms with Gasteiger partial charge < -0.3 is 13.9 Å². The van der Waals surface area contributed by atoms with Crippen molar-refractivity contribution in [3.05, 3.63) is 58.3 Å². The highest BCUT2D eigenvalue weighted by Crippen LogP contribution is 2.43. The molecule has 1 unspecified atom stereocenters. The van der Waals surface area contributed by atoms with Gasteiger partial charge in [-0.05, 0) is 30.3 Å². The molecular weight excluding hydrogens is 292 g/mol. The van der Waals surface area contributed by atoms with Crippen molar-refractivity contribution in [2.75, 3.05) is 7.11 Å². The summed E-state index contributed by atoms with van der Waals surface area (Å²) in [7, 11) is 1.58. The number of para-hydroxylation sites is 1. The highest BCUT2D eigenvalue weighted by atomic mass is 16.5. The Labute approximate surface area is 132 Å². The van der Waals surface area contributed by atoms with Crippen LogP contribution in [0.15, 0.2) is 51.7 Å². The standard InChI is InChI=1S/C19H12O4/c1-3-15-12-9-8-11(21-2)10-14(12)18-19(22-15)17(20)13-6-4-5-7-16(13)23-18/h1,4-10,15H,2H3. The second-order valence-electron chi connectivity index (χ2n) is 5.20. The van der Waals surface area contributed by atoms with Crippen LogP contribution < -0.4 is 14.9 Å². The minimum atomic E-state index is -0.632. The highest BCUT2D eigenvalue weighted by molar-refractivity contribution is 5.83. The SMILES string of the molecule is C#CC1Oc2c(oc3ccccc3c2=O)-c2cc(OC)ccc21. The molecule has 0 bridgehead atoms. The van der Waals surface area contributed by atoms with Crippen LogP contribution in [0, 0.1) is 12.3 Å². The van der Waals surface area contributed by atoms with E-state index in [9.17, 15) is 4.79 Å². The zero-order chi connectivity index (χ0) is 16.0. The molecule has 4 heteroatoms. The van der Waals surface area contributed by atoms with Crippen LogP contribution in [0.5, 0.6) is 11.5 Å². The molecule has 1 aromatic heterocycles. The quantitative estimate of drug-likeness (QED) is 0.645. The maximum Gasteiger partial charge on any atom is 0.235 e. The third-order valence-electron chi connectivity index (χ3n) is 3.93. The fourth-order valence-electron chi connectivity index (χ4n) is 2.80. The monoisotopic (exact) mass is 304 g/mol. The molecule has 2 heterocycles.